The molecule has 0 spiro atoms. The van der Waals surface area contributed by atoms with Gasteiger partial charge in [0, 0.05) is 30.1 Å². The average Bonchev–Trinajstić information content (AvgIpc) is 2.88. The van der Waals surface area contributed by atoms with Gasteiger partial charge >= 0.3 is 11.9 Å². The van der Waals surface area contributed by atoms with Crippen LogP contribution in [0, 0.1) is 29.1 Å². The third-order valence-electron chi connectivity index (χ3n) is 7.69. The molecular weight excluding hydrogens is 476 g/mol. The summed E-state index contributed by atoms with van der Waals surface area (Å²) in [5.74, 6) is -3.01. The first-order chi connectivity index (χ1) is 17.7. The number of ether oxygens (including phenoxy) is 3. The average molecular weight is 511 g/mol. The van der Waals surface area contributed by atoms with Gasteiger partial charge in [0.2, 0.25) is 0 Å². The molecule has 0 radical (unpaired) electrons. The van der Waals surface area contributed by atoms with E-state index in [-0.39, 0.29) is 42.2 Å². The van der Waals surface area contributed by atoms with Gasteiger partial charge in [0.15, 0.2) is 17.2 Å². The molecule has 9 heteroatoms. The smallest absolute Gasteiger partial charge is 0.310 e. The van der Waals surface area contributed by atoms with Crippen molar-refractivity contribution < 1.29 is 33.7 Å². The van der Waals surface area contributed by atoms with E-state index >= 15 is 0 Å². The van der Waals surface area contributed by atoms with Crippen LogP contribution in [0.2, 0.25) is 0 Å². The molecule has 1 aromatic heterocycles. The molecule has 0 aliphatic heterocycles. The summed E-state index contributed by atoms with van der Waals surface area (Å²) in [7, 11) is 1.38. The Morgan fingerprint density at radius 1 is 1.14 bits per heavy atom. The van der Waals surface area contributed by atoms with Gasteiger partial charge in [0.1, 0.15) is 0 Å². The van der Waals surface area contributed by atoms with E-state index in [1.54, 1.807) is 0 Å². The van der Waals surface area contributed by atoms with Gasteiger partial charge in [-0.25, -0.2) is 4.98 Å². The van der Waals surface area contributed by atoms with Gasteiger partial charge in [0.05, 0.1) is 32.2 Å². The molecule has 4 rings (SSSR count). The molecule has 2 fully saturated rings. The Kier molecular flexibility index (Phi) is 7.71. The summed E-state index contributed by atoms with van der Waals surface area (Å²) >= 11 is 0. The SMILES string of the molecule is COc1ccnc(C(=O)NC2CC3[C@H](C(=O)OCC(C)C)[C@H](C(=O)OCCc4ccccc4)[C@@]23C)c1O. The number of amides is 1. The van der Waals surface area contributed by atoms with Gasteiger partial charge in [-0.05, 0) is 23.8 Å². The maximum Gasteiger partial charge on any atom is 0.310 e. The number of carbonyl (C=O) groups is 3. The van der Waals surface area contributed by atoms with Crippen molar-refractivity contribution in [1.82, 2.24) is 10.3 Å². The zero-order valence-corrected chi connectivity index (χ0v) is 21.6. The van der Waals surface area contributed by atoms with E-state index in [9.17, 15) is 19.5 Å². The topological polar surface area (TPSA) is 124 Å². The number of hydrogen-bond donors (Lipinski definition) is 2. The highest BCUT2D eigenvalue weighted by Gasteiger charge is 2.74. The first-order valence-electron chi connectivity index (χ1n) is 12.6. The van der Waals surface area contributed by atoms with E-state index in [4.69, 9.17) is 14.2 Å². The van der Waals surface area contributed by atoms with E-state index in [0.29, 0.717) is 12.8 Å². The summed E-state index contributed by atoms with van der Waals surface area (Å²) in [6.07, 6.45) is 2.43. The van der Waals surface area contributed by atoms with Crippen molar-refractivity contribution >= 4 is 17.8 Å². The van der Waals surface area contributed by atoms with Crippen LogP contribution in [0.15, 0.2) is 42.6 Å². The van der Waals surface area contributed by atoms with Crippen LogP contribution in [-0.2, 0) is 25.5 Å². The van der Waals surface area contributed by atoms with Gasteiger partial charge in [-0.3, -0.25) is 14.4 Å². The van der Waals surface area contributed by atoms with E-state index in [0.717, 1.165) is 5.56 Å². The van der Waals surface area contributed by atoms with Crippen molar-refractivity contribution in [1.29, 1.82) is 0 Å². The number of aromatic nitrogens is 1. The fourth-order valence-electron chi connectivity index (χ4n) is 5.60. The molecule has 1 aromatic carbocycles. The van der Waals surface area contributed by atoms with Crippen LogP contribution in [0.5, 0.6) is 11.5 Å². The zero-order valence-electron chi connectivity index (χ0n) is 21.6. The number of esters is 2. The quantitative estimate of drug-likeness (QED) is 0.467. The maximum atomic E-state index is 13.3. The first kappa shape index (κ1) is 26.4. The molecule has 0 bridgehead atoms. The summed E-state index contributed by atoms with van der Waals surface area (Å²) < 4.78 is 16.2. The Labute approximate surface area is 216 Å². The Morgan fingerprint density at radius 3 is 2.54 bits per heavy atom. The number of rotatable bonds is 10. The van der Waals surface area contributed by atoms with Crippen LogP contribution in [0.3, 0.4) is 0 Å². The molecule has 1 heterocycles. The molecule has 2 N–H and O–H groups in total. The zero-order chi connectivity index (χ0) is 26.7. The van der Waals surface area contributed by atoms with Gasteiger partial charge in [0.25, 0.3) is 5.91 Å². The molecule has 0 saturated heterocycles. The van der Waals surface area contributed by atoms with Crippen molar-refractivity contribution in [3.05, 3.63) is 53.9 Å². The van der Waals surface area contributed by atoms with Crippen LogP contribution >= 0.6 is 0 Å². The number of nitrogens with one attached hydrogen (secondary N) is 1. The maximum absolute atomic E-state index is 13.3. The fourth-order valence-corrected chi connectivity index (χ4v) is 5.60. The lowest BCUT2D eigenvalue weighted by molar-refractivity contribution is -0.234. The third-order valence-corrected chi connectivity index (χ3v) is 7.69. The lowest BCUT2D eigenvalue weighted by Crippen LogP contribution is -2.76. The number of carbonyl (C=O) groups excluding carboxylic acids is 3. The second-order valence-electron chi connectivity index (χ2n) is 10.4. The van der Waals surface area contributed by atoms with Crippen LogP contribution in [0.4, 0.5) is 0 Å². The number of benzene rings is 1. The van der Waals surface area contributed by atoms with E-state index in [1.165, 1.54) is 19.4 Å². The molecule has 1 amide bonds. The van der Waals surface area contributed by atoms with Gasteiger partial charge in [-0.2, -0.15) is 0 Å². The molecule has 2 aliphatic carbocycles. The molecule has 2 unspecified atom stereocenters. The molecule has 2 aliphatic rings. The summed E-state index contributed by atoms with van der Waals surface area (Å²) in [5.41, 5.74) is 0.191. The van der Waals surface area contributed by atoms with E-state index in [1.807, 2.05) is 51.1 Å². The van der Waals surface area contributed by atoms with Crippen molar-refractivity contribution in [3.63, 3.8) is 0 Å². The number of hydrogen-bond acceptors (Lipinski definition) is 8. The minimum Gasteiger partial charge on any atom is -0.503 e. The second kappa shape index (κ2) is 10.8. The Hall–Kier alpha value is -3.62. The number of fused-ring (bicyclic) bond motifs is 1. The minimum absolute atomic E-state index is 0.129. The normalized spacial score (nSPS) is 25.8. The van der Waals surface area contributed by atoms with Crippen LogP contribution in [0.1, 0.15) is 43.2 Å². The van der Waals surface area contributed by atoms with E-state index in [2.05, 4.69) is 10.3 Å². The van der Waals surface area contributed by atoms with Gasteiger partial charge in [-0.15, -0.1) is 0 Å². The summed E-state index contributed by atoms with van der Waals surface area (Å²) in [6, 6.07) is 10.7. The molecular formula is C28H34N2O7. The molecule has 5 atom stereocenters. The number of aromatic hydroxyl groups is 1. The summed E-state index contributed by atoms with van der Waals surface area (Å²) in [6.45, 7) is 6.25. The molecule has 2 saturated carbocycles. The third kappa shape index (κ3) is 4.99. The van der Waals surface area contributed by atoms with E-state index < -0.39 is 41.1 Å². The highest BCUT2D eigenvalue weighted by Crippen LogP contribution is 2.68. The Balaban J connectivity index is 1.48. The van der Waals surface area contributed by atoms with Crippen molar-refractivity contribution in [2.75, 3.05) is 20.3 Å². The fraction of sp³-hybridized carbons (Fsp3) is 0.500. The predicted molar refractivity (Wildman–Crippen MR) is 134 cm³/mol. The number of nitrogens with zero attached hydrogens (tertiary/aromatic N) is 1. The van der Waals surface area contributed by atoms with Gasteiger partial charge < -0.3 is 24.6 Å². The number of pyridine rings is 1. The molecule has 198 valence electrons. The molecule has 37 heavy (non-hydrogen) atoms. The van der Waals surface area contributed by atoms with Crippen LogP contribution < -0.4 is 10.1 Å². The molecule has 2 aromatic rings. The van der Waals surface area contributed by atoms with Crippen molar-refractivity contribution in [3.8, 4) is 11.5 Å². The predicted octanol–water partition coefficient (Wildman–Crippen LogP) is 3.15. The lowest BCUT2D eigenvalue weighted by atomic mass is 9.35. The van der Waals surface area contributed by atoms with Crippen LogP contribution in [-0.4, -0.2) is 54.3 Å². The molecule has 9 nitrogen and oxygen atoms in total. The summed E-state index contributed by atoms with van der Waals surface area (Å²) in [4.78, 5) is 43.2. The van der Waals surface area contributed by atoms with Crippen LogP contribution in [0.25, 0.3) is 0 Å². The summed E-state index contributed by atoms with van der Waals surface area (Å²) in [5, 5.41) is 13.2. The number of methoxy groups -OCH3 is 1. The highest BCUT2D eigenvalue weighted by atomic mass is 16.5. The standard InChI is InChI=1S/C28H34N2O7/c1-16(2)15-37-26(33)21-18-14-20(30-25(32)23-24(31)19(35-4)10-12-29-23)28(18,3)22(21)27(34)36-13-11-17-8-6-5-7-9-17/h5-10,12,16,18,20-22,31H,11,13-15H2,1-4H3,(H,30,32)/t18?,20?,21-,22+,28+/m0/s1. The second-order valence-corrected chi connectivity index (χ2v) is 10.4. The highest BCUT2D eigenvalue weighted by molar-refractivity contribution is 5.96. The van der Waals surface area contributed by atoms with Gasteiger partial charge in [-0.1, -0.05) is 51.1 Å². The lowest BCUT2D eigenvalue weighted by Gasteiger charge is -2.68. The largest absolute Gasteiger partial charge is 0.503 e. The van der Waals surface area contributed by atoms with Crippen molar-refractivity contribution in [2.24, 2.45) is 29.1 Å². The van der Waals surface area contributed by atoms with Crippen molar-refractivity contribution in [2.45, 2.75) is 39.7 Å². The minimum atomic E-state index is -0.751. The monoisotopic (exact) mass is 510 g/mol. The first-order valence-corrected chi connectivity index (χ1v) is 12.6. The Bertz CT molecular complexity index is 1150. The Morgan fingerprint density at radius 2 is 1.86 bits per heavy atom.